The second-order valence-corrected chi connectivity index (χ2v) is 6.09. The molecule has 0 spiro atoms. The zero-order chi connectivity index (χ0) is 15.9. The van der Waals surface area contributed by atoms with Gasteiger partial charge >= 0.3 is 0 Å². The summed E-state index contributed by atoms with van der Waals surface area (Å²) in [7, 11) is 0. The van der Waals surface area contributed by atoms with Crippen LogP contribution in [0.1, 0.15) is 25.1 Å². The number of nitrogens with zero attached hydrogens (tertiary/aromatic N) is 4. The van der Waals surface area contributed by atoms with E-state index in [-0.39, 0.29) is 18.6 Å². The lowest BCUT2D eigenvalue weighted by Gasteiger charge is -2.34. The highest BCUT2D eigenvalue weighted by Gasteiger charge is 2.22. The summed E-state index contributed by atoms with van der Waals surface area (Å²) in [5.41, 5.74) is 0. The van der Waals surface area contributed by atoms with Crippen molar-refractivity contribution in [1.29, 1.82) is 0 Å². The van der Waals surface area contributed by atoms with Gasteiger partial charge in [0.05, 0.1) is 19.3 Å². The van der Waals surface area contributed by atoms with Crippen molar-refractivity contribution in [3.63, 3.8) is 0 Å². The number of H-pyrrole nitrogens is 1. The predicted molar refractivity (Wildman–Crippen MR) is 82.6 cm³/mol. The fourth-order valence-corrected chi connectivity index (χ4v) is 2.98. The maximum atomic E-state index is 12.2. The van der Waals surface area contributed by atoms with E-state index in [0.717, 1.165) is 58.0 Å². The number of nitrogens with one attached hydrogen (secondary N) is 1. The van der Waals surface area contributed by atoms with Crippen molar-refractivity contribution in [2.45, 2.75) is 31.9 Å². The second-order valence-electron chi connectivity index (χ2n) is 6.09. The molecule has 1 atom stereocenters. The topological polar surface area (TPSA) is 83.6 Å². The van der Waals surface area contributed by atoms with Gasteiger partial charge in [-0.2, -0.15) is 5.10 Å². The third kappa shape index (κ3) is 4.98. The van der Waals surface area contributed by atoms with Crippen molar-refractivity contribution >= 4 is 5.91 Å². The van der Waals surface area contributed by atoms with Gasteiger partial charge in [-0.25, -0.2) is 4.98 Å². The molecule has 0 radical (unpaired) electrons. The Balaban J connectivity index is 1.31. The summed E-state index contributed by atoms with van der Waals surface area (Å²) in [5, 5.41) is 6.71. The molecule has 1 N–H and O–H groups in total. The maximum Gasteiger partial charge on any atom is 0.248 e. The van der Waals surface area contributed by atoms with E-state index in [1.807, 2.05) is 4.90 Å². The molecule has 2 aliphatic rings. The number of ether oxygens (including phenoxy) is 2. The van der Waals surface area contributed by atoms with Crippen LogP contribution in [0.15, 0.2) is 6.33 Å². The van der Waals surface area contributed by atoms with Gasteiger partial charge in [-0.1, -0.05) is 0 Å². The monoisotopic (exact) mass is 323 g/mol. The Morgan fingerprint density at radius 1 is 1.35 bits per heavy atom. The molecule has 0 saturated carbocycles. The van der Waals surface area contributed by atoms with Gasteiger partial charge in [0.2, 0.25) is 5.91 Å². The zero-order valence-electron chi connectivity index (χ0n) is 13.4. The Labute approximate surface area is 136 Å². The van der Waals surface area contributed by atoms with Gasteiger partial charge in [0, 0.05) is 32.8 Å². The van der Waals surface area contributed by atoms with Gasteiger partial charge in [0.25, 0.3) is 0 Å². The first-order valence-electron chi connectivity index (χ1n) is 8.35. The van der Waals surface area contributed by atoms with Gasteiger partial charge in [0.15, 0.2) is 0 Å². The molecule has 0 aromatic carbocycles. The number of hydrogen-bond acceptors (Lipinski definition) is 6. The van der Waals surface area contributed by atoms with Crippen LogP contribution in [-0.2, 0) is 20.8 Å². The van der Waals surface area contributed by atoms with Crippen LogP contribution in [0.3, 0.4) is 0 Å². The molecule has 2 saturated heterocycles. The standard InChI is InChI=1S/C15H25N5O3/c21-15(11-22-10-13-3-1-2-8-23-13)20-6-4-19(5-7-20)9-14-16-12-17-18-14/h12-13H,1-11H2,(H,16,17,18)/t13-/m1/s1. The van der Waals surface area contributed by atoms with Crippen LogP contribution in [0.25, 0.3) is 0 Å². The van der Waals surface area contributed by atoms with Gasteiger partial charge < -0.3 is 14.4 Å². The first-order valence-corrected chi connectivity index (χ1v) is 8.35. The van der Waals surface area contributed by atoms with E-state index in [1.165, 1.54) is 12.7 Å². The minimum Gasteiger partial charge on any atom is -0.376 e. The number of aromatic amines is 1. The van der Waals surface area contributed by atoms with Gasteiger partial charge in [-0.05, 0) is 19.3 Å². The van der Waals surface area contributed by atoms with Crippen molar-refractivity contribution in [3.05, 3.63) is 12.2 Å². The highest BCUT2D eigenvalue weighted by Crippen LogP contribution is 2.13. The summed E-state index contributed by atoms with van der Waals surface area (Å²) in [5.74, 6) is 0.931. The molecule has 0 unspecified atom stereocenters. The summed E-state index contributed by atoms with van der Waals surface area (Å²) in [6.07, 6.45) is 5.04. The van der Waals surface area contributed by atoms with Crippen LogP contribution in [0.2, 0.25) is 0 Å². The van der Waals surface area contributed by atoms with E-state index in [2.05, 4.69) is 20.1 Å². The highest BCUT2D eigenvalue weighted by molar-refractivity contribution is 5.77. The summed E-state index contributed by atoms with van der Waals surface area (Å²) in [6.45, 7) is 5.40. The molecule has 128 valence electrons. The summed E-state index contributed by atoms with van der Waals surface area (Å²) < 4.78 is 11.1. The number of amides is 1. The van der Waals surface area contributed by atoms with Crippen molar-refractivity contribution in [2.24, 2.45) is 0 Å². The van der Waals surface area contributed by atoms with E-state index >= 15 is 0 Å². The molecule has 8 nitrogen and oxygen atoms in total. The number of piperazine rings is 1. The molecule has 1 aromatic rings. The van der Waals surface area contributed by atoms with E-state index in [1.54, 1.807) is 0 Å². The van der Waals surface area contributed by atoms with Crippen LogP contribution in [-0.4, -0.2) is 83.0 Å². The summed E-state index contributed by atoms with van der Waals surface area (Å²) in [6, 6.07) is 0. The average molecular weight is 323 g/mol. The van der Waals surface area contributed by atoms with Gasteiger partial charge in [0.1, 0.15) is 18.8 Å². The third-order valence-corrected chi connectivity index (χ3v) is 4.37. The number of aromatic nitrogens is 3. The molecule has 1 aromatic heterocycles. The molecule has 23 heavy (non-hydrogen) atoms. The van der Waals surface area contributed by atoms with E-state index in [4.69, 9.17) is 9.47 Å². The second kappa shape index (κ2) is 8.37. The summed E-state index contributed by atoms with van der Waals surface area (Å²) in [4.78, 5) is 20.4. The zero-order valence-corrected chi connectivity index (χ0v) is 13.4. The number of carbonyl (C=O) groups excluding carboxylic acids is 1. The Morgan fingerprint density at radius 3 is 2.91 bits per heavy atom. The van der Waals surface area contributed by atoms with E-state index in [9.17, 15) is 4.79 Å². The third-order valence-electron chi connectivity index (χ3n) is 4.37. The van der Waals surface area contributed by atoms with Crippen molar-refractivity contribution in [3.8, 4) is 0 Å². The Kier molecular flexibility index (Phi) is 5.95. The lowest BCUT2D eigenvalue weighted by Crippen LogP contribution is -2.49. The molecule has 2 fully saturated rings. The van der Waals surface area contributed by atoms with E-state index in [0.29, 0.717) is 6.61 Å². The molecule has 3 heterocycles. The lowest BCUT2D eigenvalue weighted by atomic mass is 10.1. The molecule has 1 amide bonds. The quantitative estimate of drug-likeness (QED) is 0.795. The van der Waals surface area contributed by atoms with Crippen molar-refractivity contribution in [2.75, 3.05) is 46.0 Å². The normalized spacial score (nSPS) is 23.1. The van der Waals surface area contributed by atoms with Crippen molar-refractivity contribution in [1.82, 2.24) is 25.0 Å². The molecule has 8 heteroatoms. The predicted octanol–water partition coefficient (Wildman–Crippen LogP) is 0.0346. The smallest absolute Gasteiger partial charge is 0.248 e. The van der Waals surface area contributed by atoms with Crippen LogP contribution in [0.5, 0.6) is 0 Å². The Morgan fingerprint density at radius 2 is 2.22 bits per heavy atom. The number of rotatable bonds is 6. The maximum absolute atomic E-state index is 12.2. The largest absolute Gasteiger partial charge is 0.376 e. The molecule has 0 bridgehead atoms. The SMILES string of the molecule is O=C(COC[C@H]1CCCCO1)N1CCN(Cc2ncn[nH]2)CC1. The minimum atomic E-state index is 0.0696. The van der Waals surface area contributed by atoms with Crippen molar-refractivity contribution < 1.29 is 14.3 Å². The molecule has 0 aliphatic carbocycles. The fraction of sp³-hybridized carbons (Fsp3) is 0.800. The molecule has 3 rings (SSSR count). The molecular weight excluding hydrogens is 298 g/mol. The Bertz CT molecular complexity index is 467. The van der Waals surface area contributed by atoms with Crippen LogP contribution in [0, 0.1) is 0 Å². The van der Waals surface area contributed by atoms with Crippen LogP contribution < -0.4 is 0 Å². The number of hydrogen-bond donors (Lipinski definition) is 1. The first-order chi connectivity index (χ1) is 11.3. The van der Waals surface area contributed by atoms with Crippen LogP contribution >= 0.6 is 0 Å². The molecular formula is C15H25N5O3. The lowest BCUT2D eigenvalue weighted by molar-refractivity contribution is -0.140. The first kappa shape index (κ1) is 16.4. The summed E-state index contributed by atoms with van der Waals surface area (Å²) >= 11 is 0. The fourth-order valence-electron chi connectivity index (χ4n) is 2.98. The van der Waals surface area contributed by atoms with Gasteiger partial charge in [-0.3, -0.25) is 14.8 Å². The average Bonchev–Trinajstić information content (AvgIpc) is 3.09. The van der Waals surface area contributed by atoms with E-state index < -0.39 is 0 Å². The number of carbonyl (C=O) groups is 1. The molecule has 2 aliphatic heterocycles. The van der Waals surface area contributed by atoms with Gasteiger partial charge in [-0.15, -0.1) is 0 Å². The van der Waals surface area contributed by atoms with Crippen LogP contribution in [0.4, 0.5) is 0 Å². The Hall–Kier alpha value is -1.51. The minimum absolute atomic E-state index is 0.0696. The highest BCUT2D eigenvalue weighted by atomic mass is 16.5.